The van der Waals surface area contributed by atoms with E-state index in [0.29, 0.717) is 12.2 Å². The number of nitrogens with two attached hydrogens (primary N) is 1. The number of rotatable bonds is 4. The lowest BCUT2D eigenvalue weighted by atomic mass is 9.98. The minimum Gasteiger partial charge on any atom is -0.480 e. The van der Waals surface area contributed by atoms with Crippen molar-refractivity contribution in [1.29, 1.82) is 0 Å². The van der Waals surface area contributed by atoms with Crippen LogP contribution in [0.2, 0.25) is 0 Å². The minimum absolute atomic E-state index is 0.440. The monoisotopic (exact) mass is 272 g/mol. The quantitative estimate of drug-likeness (QED) is 0.432. The summed E-state index contributed by atoms with van der Waals surface area (Å²) in [5, 5.41) is 26.2. The van der Waals surface area contributed by atoms with Gasteiger partial charge in [0.05, 0.1) is 6.54 Å². The maximum absolute atomic E-state index is 11.6. The first-order valence-corrected chi connectivity index (χ1v) is 5.14. The van der Waals surface area contributed by atoms with E-state index in [2.05, 4.69) is 0 Å². The molecule has 0 aromatic rings. The standard InChI is InChI=1S/C10H12N2O7/c11-10(9(18)19)3-5(8(16)17)12(4-10)6(13)1-2-7(14)15/h1-2,5H,3-4,11H2,(H,14,15)(H,16,17)(H,18,19)/b2-1+/t5-,10-/m0/s1. The molecule has 104 valence electrons. The van der Waals surface area contributed by atoms with Crippen molar-refractivity contribution >= 4 is 23.8 Å². The van der Waals surface area contributed by atoms with E-state index in [1.54, 1.807) is 0 Å². The van der Waals surface area contributed by atoms with E-state index in [1.807, 2.05) is 0 Å². The van der Waals surface area contributed by atoms with E-state index in [9.17, 15) is 19.2 Å². The first-order valence-electron chi connectivity index (χ1n) is 5.14. The van der Waals surface area contributed by atoms with Crippen molar-refractivity contribution in [2.24, 2.45) is 5.73 Å². The van der Waals surface area contributed by atoms with Gasteiger partial charge in [-0.15, -0.1) is 0 Å². The zero-order valence-corrected chi connectivity index (χ0v) is 9.65. The molecule has 1 fully saturated rings. The van der Waals surface area contributed by atoms with Gasteiger partial charge in [0.25, 0.3) is 0 Å². The Kier molecular flexibility index (Phi) is 3.90. The Labute approximate surface area is 106 Å². The number of carboxylic acid groups (broad SMARTS) is 3. The van der Waals surface area contributed by atoms with Crippen LogP contribution in [-0.4, -0.2) is 62.2 Å². The van der Waals surface area contributed by atoms with E-state index < -0.39 is 48.4 Å². The summed E-state index contributed by atoms with van der Waals surface area (Å²) in [4.78, 5) is 44.6. The molecule has 0 aromatic carbocycles. The van der Waals surface area contributed by atoms with Crippen LogP contribution in [0.5, 0.6) is 0 Å². The highest BCUT2D eigenvalue weighted by atomic mass is 16.4. The average Bonchev–Trinajstić information content (AvgIpc) is 2.66. The number of aliphatic carboxylic acids is 3. The van der Waals surface area contributed by atoms with Crippen molar-refractivity contribution in [1.82, 2.24) is 4.90 Å². The second-order valence-corrected chi connectivity index (χ2v) is 4.16. The van der Waals surface area contributed by atoms with E-state index in [4.69, 9.17) is 21.1 Å². The Morgan fingerprint density at radius 1 is 1.16 bits per heavy atom. The second-order valence-electron chi connectivity index (χ2n) is 4.16. The summed E-state index contributed by atoms with van der Waals surface area (Å²) in [6, 6.07) is -1.40. The Hall–Kier alpha value is -2.42. The highest BCUT2D eigenvalue weighted by molar-refractivity contribution is 5.97. The van der Waals surface area contributed by atoms with Crippen molar-refractivity contribution < 1.29 is 34.5 Å². The zero-order chi connectivity index (χ0) is 14.8. The van der Waals surface area contributed by atoms with E-state index in [-0.39, 0.29) is 0 Å². The number of likely N-dealkylation sites (tertiary alicyclic amines) is 1. The van der Waals surface area contributed by atoms with Gasteiger partial charge in [-0.1, -0.05) is 0 Å². The first kappa shape index (κ1) is 14.6. The predicted molar refractivity (Wildman–Crippen MR) is 59.1 cm³/mol. The molecule has 1 amide bonds. The van der Waals surface area contributed by atoms with Gasteiger partial charge in [-0.25, -0.2) is 9.59 Å². The van der Waals surface area contributed by atoms with E-state index in [0.717, 1.165) is 4.90 Å². The minimum atomic E-state index is -1.85. The predicted octanol–water partition coefficient (Wildman–Crippen LogP) is -1.91. The maximum atomic E-state index is 11.6. The third-order valence-corrected chi connectivity index (χ3v) is 2.75. The highest BCUT2D eigenvalue weighted by Crippen LogP contribution is 2.26. The third-order valence-electron chi connectivity index (χ3n) is 2.75. The fourth-order valence-electron chi connectivity index (χ4n) is 1.78. The zero-order valence-electron chi connectivity index (χ0n) is 9.65. The van der Waals surface area contributed by atoms with Gasteiger partial charge in [-0.3, -0.25) is 9.59 Å². The van der Waals surface area contributed by atoms with Crippen molar-refractivity contribution in [2.45, 2.75) is 18.0 Å². The van der Waals surface area contributed by atoms with Gasteiger partial charge in [-0.05, 0) is 0 Å². The van der Waals surface area contributed by atoms with Crippen LogP contribution in [-0.2, 0) is 19.2 Å². The molecule has 0 unspecified atom stereocenters. The summed E-state index contributed by atoms with van der Waals surface area (Å²) < 4.78 is 0. The molecule has 9 nitrogen and oxygen atoms in total. The van der Waals surface area contributed by atoms with Crippen LogP contribution in [0, 0.1) is 0 Å². The lowest BCUT2D eigenvalue weighted by molar-refractivity contribution is -0.146. The molecular formula is C10H12N2O7. The number of carbonyl (C=O) groups is 4. The molecule has 0 aromatic heterocycles. The van der Waals surface area contributed by atoms with Crippen molar-refractivity contribution in [2.75, 3.05) is 6.54 Å². The fraction of sp³-hybridized carbons (Fsp3) is 0.400. The summed E-state index contributed by atoms with van der Waals surface area (Å²) >= 11 is 0. The molecule has 2 atom stereocenters. The highest BCUT2D eigenvalue weighted by Gasteiger charge is 2.50. The third kappa shape index (κ3) is 3.07. The van der Waals surface area contributed by atoms with Crippen LogP contribution in [0.3, 0.4) is 0 Å². The second kappa shape index (κ2) is 5.06. The number of hydrogen-bond donors (Lipinski definition) is 4. The number of carboxylic acids is 3. The molecule has 0 saturated carbocycles. The maximum Gasteiger partial charge on any atom is 0.328 e. The van der Waals surface area contributed by atoms with Gasteiger partial charge in [0, 0.05) is 18.6 Å². The molecule has 1 aliphatic rings. The molecule has 19 heavy (non-hydrogen) atoms. The Balaban J connectivity index is 2.98. The normalized spacial score (nSPS) is 26.6. The molecular weight excluding hydrogens is 260 g/mol. The van der Waals surface area contributed by atoms with Crippen molar-refractivity contribution in [3.8, 4) is 0 Å². The van der Waals surface area contributed by atoms with E-state index >= 15 is 0 Å². The smallest absolute Gasteiger partial charge is 0.328 e. The van der Waals surface area contributed by atoms with Gasteiger partial charge in [-0.2, -0.15) is 0 Å². The number of amides is 1. The van der Waals surface area contributed by atoms with Crippen LogP contribution in [0.1, 0.15) is 6.42 Å². The lowest BCUT2D eigenvalue weighted by Gasteiger charge is -2.20. The van der Waals surface area contributed by atoms with Gasteiger partial charge >= 0.3 is 17.9 Å². The Morgan fingerprint density at radius 2 is 1.74 bits per heavy atom. The van der Waals surface area contributed by atoms with Gasteiger partial charge in [0.15, 0.2) is 0 Å². The van der Waals surface area contributed by atoms with Crippen LogP contribution >= 0.6 is 0 Å². The molecule has 5 N–H and O–H groups in total. The molecule has 0 spiro atoms. The molecule has 1 saturated heterocycles. The molecule has 1 heterocycles. The number of nitrogens with zero attached hydrogens (tertiary/aromatic N) is 1. The van der Waals surface area contributed by atoms with E-state index in [1.165, 1.54) is 0 Å². The van der Waals surface area contributed by atoms with Gasteiger partial charge in [0.1, 0.15) is 11.6 Å². The SMILES string of the molecule is N[C@@]1(C(=O)O)C[C@@H](C(=O)O)N(C(=O)/C=C/C(=O)O)C1. The van der Waals surface area contributed by atoms with Crippen LogP contribution in [0.4, 0.5) is 0 Å². The van der Waals surface area contributed by atoms with Gasteiger partial charge in [0.2, 0.25) is 5.91 Å². The summed E-state index contributed by atoms with van der Waals surface area (Å²) in [6.07, 6.45) is 0.759. The van der Waals surface area contributed by atoms with Crippen LogP contribution in [0.25, 0.3) is 0 Å². The summed E-state index contributed by atoms with van der Waals surface area (Å²) in [5.41, 5.74) is 3.67. The molecule has 0 radical (unpaired) electrons. The summed E-state index contributed by atoms with van der Waals surface area (Å²) in [6.45, 7) is -0.498. The van der Waals surface area contributed by atoms with Crippen molar-refractivity contribution in [3.05, 3.63) is 12.2 Å². The number of hydrogen-bond acceptors (Lipinski definition) is 5. The number of carbonyl (C=O) groups excluding carboxylic acids is 1. The lowest BCUT2D eigenvalue weighted by Crippen LogP contribution is -2.50. The molecule has 1 rings (SSSR count). The molecule has 0 bridgehead atoms. The fourth-order valence-corrected chi connectivity index (χ4v) is 1.78. The van der Waals surface area contributed by atoms with Gasteiger partial charge < -0.3 is 26.0 Å². The van der Waals surface area contributed by atoms with Crippen LogP contribution in [0.15, 0.2) is 12.2 Å². The van der Waals surface area contributed by atoms with Crippen molar-refractivity contribution in [3.63, 3.8) is 0 Å². The first-order chi connectivity index (χ1) is 8.67. The average molecular weight is 272 g/mol. The Bertz CT molecular complexity index is 472. The summed E-state index contributed by atoms with van der Waals surface area (Å²) in [5.74, 6) is -5.11. The molecule has 0 aliphatic carbocycles. The topological polar surface area (TPSA) is 158 Å². The molecule has 9 heteroatoms. The largest absolute Gasteiger partial charge is 0.480 e. The summed E-state index contributed by atoms with van der Waals surface area (Å²) in [7, 11) is 0. The molecule has 1 aliphatic heterocycles. The van der Waals surface area contributed by atoms with Crippen LogP contribution < -0.4 is 5.73 Å². The Morgan fingerprint density at radius 3 is 2.16 bits per heavy atom.